The summed E-state index contributed by atoms with van der Waals surface area (Å²) in [4.78, 5) is 3.84. The fraction of sp³-hybridized carbons (Fsp3) is 0.0556. The maximum atomic E-state index is 13.1. The minimum Gasteiger partial charge on any atom is -0.493 e. The van der Waals surface area contributed by atoms with E-state index >= 15 is 0 Å². The number of sulfonamides is 1. The van der Waals surface area contributed by atoms with E-state index in [1.54, 1.807) is 24.3 Å². The third-order valence-electron chi connectivity index (χ3n) is 4.05. The van der Waals surface area contributed by atoms with Gasteiger partial charge in [-0.25, -0.2) is 8.42 Å². The highest BCUT2D eigenvalue weighted by atomic mass is 35.5. The molecular formula is C18H12Cl2N2O4S. The van der Waals surface area contributed by atoms with Crippen molar-refractivity contribution >= 4 is 60.9 Å². The molecule has 0 fully saturated rings. The number of hydrogen-bond donors (Lipinski definition) is 1. The Bertz CT molecular complexity index is 1270. The minimum absolute atomic E-state index is 0.0206. The topological polar surface area (TPSA) is 81.4 Å². The summed E-state index contributed by atoms with van der Waals surface area (Å²) < 4.78 is 39.9. The first-order valence-corrected chi connectivity index (χ1v) is 9.96. The first kappa shape index (κ1) is 17.9. The van der Waals surface area contributed by atoms with Crippen LogP contribution in [0.4, 0.5) is 5.69 Å². The number of halogens is 2. The first-order chi connectivity index (χ1) is 12.9. The fourth-order valence-electron chi connectivity index (χ4n) is 2.86. The lowest BCUT2D eigenvalue weighted by molar-refractivity contribution is 0.411. The quantitative estimate of drug-likeness (QED) is 0.494. The molecule has 0 spiro atoms. The molecule has 4 rings (SSSR count). The Kier molecular flexibility index (Phi) is 4.38. The van der Waals surface area contributed by atoms with Crippen molar-refractivity contribution in [3.63, 3.8) is 0 Å². The van der Waals surface area contributed by atoms with Crippen LogP contribution in [-0.2, 0) is 10.0 Å². The normalized spacial score (nSPS) is 11.8. The number of nitrogens with zero attached hydrogens (tertiary/aromatic N) is 1. The van der Waals surface area contributed by atoms with Gasteiger partial charge in [0.15, 0.2) is 11.3 Å². The Morgan fingerprint density at radius 1 is 1.07 bits per heavy atom. The van der Waals surface area contributed by atoms with Crippen LogP contribution in [0.2, 0.25) is 10.0 Å². The van der Waals surface area contributed by atoms with Gasteiger partial charge in [-0.15, -0.1) is 0 Å². The van der Waals surface area contributed by atoms with Gasteiger partial charge >= 0.3 is 0 Å². The van der Waals surface area contributed by atoms with Gasteiger partial charge in [-0.3, -0.25) is 9.71 Å². The number of furan rings is 1. The summed E-state index contributed by atoms with van der Waals surface area (Å²) in [5.74, 6) is 0.431. The Morgan fingerprint density at radius 2 is 1.78 bits per heavy atom. The maximum Gasteiger partial charge on any atom is 0.262 e. The lowest BCUT2D eigenvalue weighted by atomic mass is 10.1. The van der Waals surface area contributed by atoms with Crippen molar-refractivity contribution in [3.8, 4) is 5.75 Å². The summed E-state index contributed by atoms with van der Waals surface area (Å²) in [6.45, 7) is 0. The zero-order chi connectivity index (χ0) is 19.2. The molecule has 2 aromatic carbocycles. The second-order valence-corrected chi connectivity index (χ2v) is 8.12. The van der Waals surface area contributed by atoms with Crippen LogP contribution < -0.4 is 9.46 Å². The van der Waals surface area contributed by atoms with E-state index in [9.17, 15) is 8.42 Å². The van der Waals surface area contributed by atoms with Crippen LogP contribution in [0.15, 0.2) is 58.1 Å². The second kappa shape index (κ2) is 6.60. The molecule has 2 aromatic heterocycles. The smallest absolute Gasteiger partial charge is 0.262 e. The zero-order valence-corrected chi connectivity index (χ0v) is 16.2. The fourth-order valence-corrected chi connectivity index (χ4v) is 4.75. The Morgan fingerprint density at radius 3 is 2.48 bits per heavy atom. The van der Waals surface area contributed by atoms with E-state index in [1.165, 1.54) is 31.6 Å². The highest BCUT2D eigenvalue weighted by molar-refractivity contribution is 7.93. The summed E-state index contributed by atoms with van der Waals surface area (Å²) >= 11 is 12.1. The lowest BCUT2D eigenvalue weighted by Gasteiger charge is -2.12. The molecule has 0 aliphatic carbocycles. The molecule has 0 saturated heterocycles. The molecule has 6 nitrogen and oxygen atoms in total. The molecule has 0 aliphatic rings. The predicted octanol–water partition coefficient (Wildman–Crippen LogP) is 5.10. The first-order valence-electron chi connectivity index (χ1n) is 7.72. The van der Waals surface area contributed by atoms with Crippen molar-refractivity contribution in [3.05, 3.63) is 58.8 Å². The van der Waals surface area contributed by atoms with Crippen LogP contribution in [-0.4, -0.2) is 20.5 Å². The van der Waals surface area contributed by atoms with Crippen molar-refractivity contribution in [2.75, 3.05) is 11.8 Å². The molecule has 9 heteroatoms. The summed E-state index contributed by atoms with van der Waals surface area (Å²) in [6.07, 6.45) is 2.62. The van der Waals surface area contributed by atoms with Gasteiger partial charge < -0.3 is 9.15 Å². The van der Waals surface area contributed by atoms with E-state index in [4.69, 9.17) is 32.4 Å². The maximum absolute atomic E-state index is 13.1. The van der Waals surface area contributed by atoms with Gasteiger partial charge in [0.1, 0.15) is 5.58 Å². The number of methoxy groups -OCH3 is 1. The number of aromatic nitrogens is 1. The molecule has 2 heterocycles. The Balaban J connectivity index is 1.98. The molecule has 138 valence electrons. The van der Waals surface area contributed by atoms with Crippen LogP contribution in [0.3, 0.4) is 0 Å². The second-order valence-electron chi connectivity index (χ2n) is 5.65. The SMILES string of the molecule is COc1ccc(S(=O)(=O)Nc2c(Cl)cncc2Cl)c2c1oc1ccccc12. The van der Waals surface area contributed by atoms with E-state index in [1.807, 2.05) is 0 Å². The van der Waals surface area contributed by atoms with E-state index in [0.717, 1.165) is 0 Å². The van der Waals surface area contributed by atoms with E-state index in [-0.39, 0.29) is 20.6 Å². The Labute approximate surface area is 164 Å². The number of rotatable bonds is 4. The van der Waals surface area contributed by atoms with Crippen LogP contribution in [0.5, 0.6) is 5.75 Å². The summed E-state index contributed by atoms with van der Waals surface area (Å²) in [7, 11) is -2.54. The van der Waals surface area contributed by atoms with Gasteiger partial charge in [0.05, 0.1) is 33.1 Å². The van der Waals surface area contributed by atoms with Gasteiger partial charge in [0, 0.05) is 17.8 Å². The predicted molar refractivity (Wildman–Crippen MR) is 105 cm³/mol. The van der Waals surface area contributed by atoms with E-state index < -0.39 is 10.0 Å². The van der Waals surface area contributed by atoms with Gasteiger partial charge in [-0.05, 0) is 18.2 Å². The molecule has 0 amide bonds. The zero-order valence-electron chi connectivity index (χ0n) is 13.9. The average Bonchev–Trinajstić information content (AvgIpc) is 3.03. The van der Waals surface area contributed by atoms with Crippen molar-refractivity contribution in [1.82, 2.24) is 4.98 Å². The number of pyridine rings is 1. The highest BCUT2D eigenvalue weighted by Crippen LogP contribution is 2.40. The van der Waals surface area contributed by atoms with Crippen molar-refractivity contribution in [1.29, 1.82) is 0 Å². The standard InChI is InChI=1S/C18H12Cl2N2O4S/c1-25-14-6-7-15(16-10-4-2-3-5-13(10)26-18(14)16)27(23,24)22-17-11(19)8-21-9-12(17)20/h2-9H,1H3,(H,21,22). The van der Waals surface area contributed by atoms with Gasteiger partial charge in [0.25, 0.3) is 10.0 Å². The number of para-hydroxylation sites is 1. The number of benzene rings is 2. The van der Waals surface area contributed by atoms with E-state index in [2.05, 4.69) is 9.71 Å². The number of hydrogen-bond acceptors (Lipinski definition) is 5. The van der Waals surface area contributed by atoms with E-state index in [0.29, 0.717) is 27.7 Å². The molecular weight excluding hydrogens is 411 g/mol. The summed E-state index contributed by atoms with van der Waals surface area (Å²) in [6, 6.07) is 10.1. The van der Waals surface area contributed by atoms with Gasteiger partial charge in [-0.1, -0.05) is 41.4 Å². The molecule has 0 saturated carbocycles. The van der Waals surface area contributed by atoms with Crippen LogP contribution in [0.1, 0.15) is 0 Å². The molecule has 0 bridgehead atoms. The third-order valence-corrected chi connectivity index (χ3v) is 6.02. The molecule has 0 radical (unpaired) electrons. The number of nitrogens with one attached hydrogen (secondary N) is 1. The molecule has 1 N–H and O–H groups in total. The molecule has 4 aromatic rings. The summed E-state index contributed by atoms with van der Waals surface area (Å²) in [5.41, 5.74) is 0.951. The van der Waals surface area contributed by atoms with Crippen LogP contribution in [0.25, 0.3) is 21.9 Å². The largest absolute Gasteiger partial charge is 0.493 e. The lowest BCUT2D eigenvalue weighted by Crippen LogP contribution is -2.14. The number of fused-ring (bicyclic) bond motifs is 3. The Hall–Kier alpha value is -2.48. The van der Waals surface area contributed by atoms with Crippen molar-refractivity contribution in [2.24, 2.45) is 0 Å². The van der Waals surface area contributed by atoms with Gasteiger partial charge in [-0.2, -0.15) is 0 Å². The van der Waals surface area contributed by atoms with Crippen LogP contribution >= 0.6 is 23.2 Å². The van der Waals surface area contributed by atoms with Crippen molar-refractivity contribution < 1.29 is 17.6 Å². The molecule has 27 heavy (non-hydrogen) atoms. The average molecular weight is 423 g/mol. The van der Waals surface area contributed by atoms with Gasteiger partial charge in [0.2, 0.25) is 0 Å². The molecule has 0 atom stereocenters. The molecule has 0 unspecified atom stereocenters. The number of anilines is 1. The van der Waals surface area contributed by atoms with Crippen LogP contribution in [0, 0.1) is 0 Å². The highest BCUT2D eigenvalue weighted by Gasteiger charge is 2.25. The number of ether oxygens (including phenoxy) is 1. The monoisotopic (exact) mass is 422 g/mol. The van der Waals surface area contributed by atoms with Crippen molar-refractivity contribution in [2.45, 2.75) is 4.90 Å². The minimum atomic E-state index is -4.03. The molecule has 0 aliphatic heterocycles. The third kappa shape index (κ3) is 2.97. The summed E-state index contributed by atoms with van der Waals surface area (Å²) in [5, 5.41) is 1.25.